The third-order valence-corrected chi connectivity index (χ3v) is 2.59. The van der Waals surface area contributed by atoms with E-state index in [2.05, 4.69) is 5.43 Å². The van der Waals surface area contributed by atoms with Gasteiger partial charge in [0.25, 0.3) is 0 Å². The smallest absolute Gasteiger partial charge is 0.120 e. The number of halogens is 1. The SMILES string of the molecule is NNC(COc1cccc(Cl)c1)c1ccoc1. The van der Waals surface area contributed by atoms with Crippen LogP contribution in [0.5, 0.6) is 5.75 Å². The first-order valence-corrected chi connectivity index (χ1v) is 5.54. The molecule has 0 aliphatic rings. The fourth-order valence-corrected chi connectivity index (χ4v) is 1.63. The van der Waals surface area contributed by atoms with Crippen LogP contribution in [0.1, 0.15) is 11.6 Å². The van der Waals surface area contributed by atoms with Gasteiger partial charge in [0.05, 0.1) is 18.6 Å². The van der Waals surface area contributed by atoms with E-state index in [1.54, 1.807) is 24.7 Å². The van der Waals surface area contributed by atoms with Crippen molar-refractivity contribution in [3.8, 4) is 5.75 Å². The van der Waals surface area contributed by atoms with E-state index >= 15 is 0 Å². The summed E-state index contributed by atoms with van der Waals surface area (Å²) in [4.78, 5) is 0. The molecule has 0 saturated heterocycles. The molecular weight excluding hydrogens is 240 g/mol. The van der Waals surface area contributed by atoms with E-state index in [0.717, 1.165) is 5.56 Å². The highest BCUT2D eigenvalue weighted by molar-refractivity contribution is 6.30. The normalized spacial score (nSPS) is 12.4. The van der Waals surface area contributed by atoms with Crippen LogP contribution < -0.4 is 16.0 Å². The maximum atomic E-state index is 5.86. The molecule has 1 aromatic carbocycles. The van der Waals surface area contributed by atoms with Crippen LogP contribution in [0.25, 0.3) is 0 Å². The van der Waals surface area contributed by atoms with Crippen LogP contribution in [-0.4, -0.2) is 6.61 Å². The van der Waals surface area contributed by atoms with Gasteiger partial charge in [-0.15, -0.1) is 0 Å². The molecule has 2 aromatic rings. The van der Waals surface area contributed by atoms with Gasteiger partial charge in [0.1, 0.15) is 12.4 Å². The van der Waals surface area contributed by atoms with E-state index in [-0.39, 0.29) is 6.04 Å². The molecule has 0 fully saturated rings. The molecular formula is C12H13ClN2O2. The van der Waals surface area contributed by atoms with Gasteiger partial charge in [0.15, 0.2) is 0 Å². The number of rotatable bonds is 5. The van der Waals surface area contributed by atoms with Crippen LogP contribution in [0.4, 0.5) is 0 Å². The monoisotopic (exact) mass is 252 g/mol. The third kappa shape index (κ3) is 3.23. The maximum Gasteiger partial charge on any atom is 0.120 e. The van der Waals surface area contributed by atoms with Gasteiger partial charge in [-0.25, -0.2) is 5.43 Å². The second kappa shape index (κ2) is 5.72. The van der Waals surface area contributed by atoms with Gasteiger partial charge in [0, 0.05) is 10.6 Å². The maximum absolute atomic E-state index is 5.86. The van der Waals surface area contributed by atoms with Crippen molar-refractivity contribution in [1.82, 2.24) is 5.43 Å². The van der Waals surface area contributed by atoms with Crippen molar-refractivity contribution < 1.29 is 9.15 Å². The first-order chi connectivity index (χ1) is 8.29. The Morgan fingerprint density at radius 2 is 2.29 bits per heavy atom. The van der Waals surface area contributed by atoms with Crippen molar-refractivity contribution in [3.63, 3.8) is 0 Å². The summed E-state index contributed by atoms with van der Waals surface area (Å²) < 4.78 is 10.6. The minimum atomic E-state index is -0.118. The molecule has 0 saturated carbocycles. The molecule has 0 amide bonds. The van der Waals surface area contributed by atoms with Crippen LogP contribution >= 0.6 is 11.6 Å². The molecule has 2 rings (SSSR count). The topological polar surface area (TPSA) is 60.4 Å². The zero-order valence-corrected chi connectivity index (χ0v) is 9.85. The highest BCUT2D eigenvalue weighted by atomic mass is 35.5. The summed E-state index contributed by atoms with van der Waals surface area (Å²) in [5.41, 5.74) is 3.61. The van der Waals surface area contributed by atoms with Crippen LogP contribution in [0, 0.1) is 0 Å². The highest BCUT2D eigenvalue weighted by Crippen LogP contribution is 2.19. The van der Waals surface area contributed by atoms with Gasteiger partial charge in [-0.1, -0.05) is 17.7 Å². The molecule has 0 spiro atoms. The van der Waals surface area contributed by atoms with Gasteiger partial charge in [-0.3, -0.25) is 5.84 Å². The van der Waals surface area contributed by atoms with Crippen molar-refractivity contribution in [2.45, 2.75) is 6.04 Å². The van der Waals surface area contributed by atoms with Crippen molar-refractivity contribution in [2.75, 3.05) is 6.61 Å². The molecule has 0 aliphatic carbocycles. The van der Waals surface area contributed by atoms with Crippen molar-refractivity contribution >= 4 is 11.6 Å². The summed E-state index contributed by atoms with van der Waals surface area (Å²) in [6.45, 7) is 0.399. The first-order valence-electron chi connectivity index (χ1n) is 5.16. The number of nitrogens with two attached hydrogens (primary N) is 1. The first kappa shape index (κ1) is 12.0. The van der Waals surface area contributed by atoms with Gasteiger partial charge >= 0.3 is 0 Å². The Kier molecular flexibility index (Phi) is 4.03. The lowest BCUT2D eigenvalue weighted by molar-refractivity contribution is 0.267. The summed E-state index contributed by atoms with van der Waals surface area (Å²) in [7, 11) is 0. The molecule has 1 atom stereocenters. The number of ether oxygens (including phenoxy) is 1. The lowest BCUT2D eigenvalue weighted by Gasteiger charge is -2.15. The predicted molar refractivity (Wildman–Crippen MR) is 65.7 cm³/mol. The lowest BCUT2D eigenvalue weighted by Crippen LogP contribution is -2.32. The molecule has 1 unspecified atom stereocenters. The quantitative estimate of drug-likeness (QED) is 0.634. The fraction of sp³-hybridized carbons (Fsp3) is 0.167. The molecule has 0 aliphatic heterocycles. The molecule has 4 nitrogen and oxygen atoms in total. The summed E-state index contributed by atoms with van der Waals surface area (Å²) in [5, 5.41) is 0.642. The number of benzene rings is 1. The second-order valence-corrected chi connectivity index (χ2v) is 3.98. The van der Waals surface area contributed by atoms with Crippen LogP contribution in [0.3, 0.4) is 0 Å². The van der Waals surface area contributed by atoms with E-state index in [4.69, 9.17) is 26.6 Å². The Hall–Kier alpha value is -1.49. The van der Waals surface area contributed by atoms with Gasteiger partial charge in [0.2, 0.25) is 0 Å². The van der Waals surface area contributed by atoms with Crippen LogP contribution in [0.2, 0.25) is 5.02 Å². The zero-order chi connectivity index (χ0) is 12.1. The Labute approximate surface area is 104 Å². The Morgan fingerprint density at radius 3 is 2.94 bits per heavy atom. The molecule has 90 valence electrons. The van der Waals surface area contributed by atoms with E-state index < -0.39 is 0 Å². The average Bonchev–Trinajstić information content (AvgIpc) is 2.84. The molecule has 0 bridgehead atoms. The molecule has 5 heteroatoms. The largest absolute Gasteiger partial charge is 0.491 e. The minimum Gasteiger partial charge on any atom is -0.491 e. The predicted octanol–water partition coefficient (Wildman–Crippen LogP) is 2.52. The Balaban J connectivity index is 1.97. The Morgan fingerprint density at radius 1 is 1.41 bits per heavy atom. The molecule has 1 heterocycles. The van der Waals surface area contributed by atoms with Gasteiger partial charge in [-0.05, 0) is 24.3 Å². The molecule has 0 radical (unpaired) electrons. The summed E-state index contributed by atoms with van der Waals surface area (Å²) in [5.74, 6) is 6.17. The van der Waals surface area contributed by atoms with E-state index in [9.17, 15) is 0 Å². The number of nitrogens with one attached hydrogen (secondary N) is 1. The molecule has 1 aromatic heterocycles. The zero-order valence-electron chi connectivity index (χ0n) is 9.10. The van der Waals surface area contributed by atoms with Crippen LogP contribution in [0.15, 0.2) is 47.3 Å². The third-order valence-electron chi connectivity index (χ3n) is 2.36. The number of hydrogen-bond acceptors (Lipinski definition) is 4. The van der Waals surface area contributed by atoms with Crippen molar-refractivity contribution in [1.29, 1.82) is 0 Å². The number of hydrazine groups is 1. The Bertz CT molecular complexity index is 459. The van der Waals surface area contributed by atoms with Crippen LogP contribution in [-0.2, 0) is 0 Å². The van der Waals surface area contributed by atoms with Gasteiger partial charge in [-0.2, -0.15) is 0 Å². The summed E-state index contributed by atoms with van der Waals surface area (Å²) >= 11 is 5.86. The summed E-state index contributed by atoms with van der Waals surface area (Å²) in [6.07, 6.45) is 3.23. The van der Waals surface area contributed by atoms with Crippen molar-refractivity contribution in [3.05, 3.63) is 53.4 Å². The van der Waals surface area contributed by atoms with E-state index in [1.165, 1.54) is 0 Å². The van der Waals surface area contributed by atoms with Gasteiger partial charge < -0.3 is 9.15 Å². The standard InChI is InChI=1S/C12H13ClN2O2/c13-10-2-1-3-11(6-10)17-8-12(15-14)9-4-5-16-7-9/h1-7,12,15H,8,14H2. The minimum absolute atomic E-state index is 0.118. The lowest BCUT2D eigenvalue weighted by atomic mass is 10.2. The summed E-state index contributed by atoms with van der Waals surface area (Å²) in [6, 6.07) is 8.95. The highest BCUT2D eigenvalue weighted by Gasteiger charge is 2.11. The number of hydrogen-bond donors (Lipinski definition) is 2. The number of furan rings is 1. The molecule has 17 heavy (non-hydrogen) atoms. The average molecular weight is 253 g/mol. The fourth-order valence-electron chi connectivity index (χ4n) is 1.45. The second-order valence-electron chi connectivity index (χ2n) is 3.54. The van der Waals surface area contributed by atoms with E-state index in [1.807, 2.05) is 18.2 Å². The van der Waals surface area contributed by atoms with E-state index in [0.29, 0.717) is 17.4 Å². The molecule has 3 N–H and O–H groups in total. The van der Waals surface area contributed by atoms with Crippen molar-refractivity contribution in [2.24, 2.45) is 5.84 Å².